The topological polar surface area (TPSA) is 99.6 Å². The highest BCUT2D eigenvalue weighted by Gasteiger charge is 2.58. The number of hydrogen-bond acceptors (Lipinski definition) is 5. The zero-order valence-electron chi connectivity index (χ0n) is 19.4. The van der Waals surface area contributed by atoms with E-state index in [1.165, 1.54) is 16.2 Å². The Labute approximate surface area is 222 Å². The van der Waals surface area contributed by atoms with Crippen LogP contribution >= 0.6 is 22.9 Å². The molecule has 0 aliphatic carbocycles. The predicted molar refractivity (Wildman–Crippen MR) is 142 cm³/mol. The van der Waals surface area contributed by atoms with Gasteiger partial charge in [0.15, 0.2) is 5.78 Å². The zero-order valence-corrected chi connectivity index (χ0v) is 21.0. The fourth-order valence-corrected chi connectivity index (χ4v) is 6.11. The molecule has 2 N–H and O–H groups in total. The number of rotatable bonds is 6. The summed E-state index contributed by atoms with van der Waals surface area (Å²) in [6.07, 6.45) is 3.16. The summed E-state index contributed by atoms with van der Waals surface area (Å²) in [7, 11) is 0. The van der Waals surface area contributed by atoms with Gasteiger partial charge in [0, 0.05) is 39.5 Å². The van der Waals surface area contributed by atoms with Gasteiger partial charge in [0.1, 0.15) is 6.04 Å². The number of hydrogen-bond donors (Lipinski definition) is 2. The number of benzene rings is 2. The average molecular weight is 532 g/mol. The van der Waals surface area contributed by atoms with Crippen LogP contribution in [0, 0.1) is 5.92 Å². The predicted octanol–water partition coefficient (Wildman–Crippen LogP) is 6.12. The molecule has 1 fully saturated rings. The van der Waals surface area contributed by atoms with Crippen LogP contribution in [-0.4, -0.2) is 38.8 Å². The summed E-state index contributed by atoms with van der Waals surface area (Å²) < 4.78 is 0. The minimum Gasteiger partial charge on any atom is -0.480 e. The van der Waals surface area contributed by atoms with Crippen LogP contribution in [0.2, 0.25) is 5.02 Å². The summed E-state index contributed by atoms with van der Waals surface area (Å²) in [5, 5.41) is 15.5. The highest BCUT2D eigenvalue weighted by Crippen LogP contribution is 2.52. The maximum absolute atomic E-state index is 14.2. The van der Waals surface area contributed by atoms with Gasteiger partial charge in [0.25, 0.3) is 0 Å². The third kappa shape index (κ3) is 4.85. The number of carboxylic acid groups (broad SMARTS) is 1. The van der Waals surface area contributed by atoms with Crippen molar-refractivity contribution < 1.29 is 19.5 Å². The van der Waals surface area contributed by atoms with Gasteiger partial charge in [0.05, 0.1) is 12.0 Å². The fourth-order valence-electron chi connectivity index (χ4n) is 5.02. The largest absolute Gasteiger partial charge is 0.480 e. The molecule has 0 radical (unpaired) electrons. The molecule has 0 spiro atoms. The van der Waals surface area contributed by atoms with Crippen LogP contribution in [0.15, 0.2) is 96.6 Å². The Morgan fingerprint density at radius 1 is 0.973 bits per heavy atom. The van der Waals surface area contributed by atoms with Crippen molar-refractivity contribution in [2.45, 2.75) is 18.0 Å². The molecule has 0 bridgehead atoms. The number of thiophene rings is 1. The molecule has 0 saturated carbocycles. The lowest BCUT2D eigenvalue weighted by atomic mass is 9.79. The second kappa shape index (κ2) is 10.5. The summed E-state index contributed by atoms with van der Waals surface area (Å²) in [4.78, 5) is 47.0. The van der Waals surface area contributed by atoms with Crippen LogP contribution in [0.25, 0.3) is 0 Å². The third-order valence-electron chi connectivity index (χ3n) is 6.49. The maximum atomic E-state index is 14.2. The molecule has 3 heterocycles. The minimum atomic E-state index is -1.30. The number of aliphatic carboxylic acids is 1. The number of pyridine rings is 1. The van der Waals surface area contributed by atoms with Crippen LogP contribution in [0.5, 0.6) is 0 Å². The zero-order chi connectivity index (χ0) is 25.9. The summed E-state index contributed by atoms with van der Waals surface area (Å²) in [5.74, 6) is -3.19. The molecule has 1 aliphatic heterocycles. The van der Waals surface area contributed by atoms with Crippen LogP contribution < -0.4 is 5.32 Å². The van der Waals surface area contributed by atoms with Crippen molar-refractivity contribution >= 4 is 46.4 Å². The van der Waals surface area contributed by atoms with Crippen molar-refractivity contribution in [3.63, 3.8) is 0 Å². The number of Topliss-reactive ketones (excluding diaryl/α,β-unsaturated/α-hetero) is 1. The number of halogens is 1. The van der Waals surface area contributed by atoms with Crippen molar-refractivity contribution in [3.05, 3.63) is 118 Å². The number of nitrogens with zero attached hydrogens (tertiary/aromatic N) is 2. The van der Waals surface area contributed by atoms with E-state index >= 15 is 0 Å². The first kappa shape index (κ1) is 24.7. The maximum Gasteiger partial charge on any atom is 0.327 e. The SMILES string of the molecule is O=C(c1cccc(Cl)c1)C1C(c2cccs2)C(C(=O)O)N(C(=O)Nc2ccccc2)C1c1cccnc1. The number of likely N-dealkylation sites (tertiary alicyclic amines) is 1. The normalized spacial score (nSPS) is 20.9. The molecule has 1 aliphatic rings. The lowest BCUT2D eigenvalue weighted by molar-refractivity contribution is -0.142. The molecule has 9 heteroatoms. The molecule has 7 nitrogen and oxygen atoms in total. The van der Waals surface area contributed by atoms with Crippen molar-refractivity contribution in [1.82, 2.24) is 9.88 Å². The molecule has 4 aromatic rings. The van der Waals surface area contributed by atoms with Crippen LogP contribution in [0.4, 0.5) is 10.5 Å². The van der Waals surface area contributed by atoms with Gasteiger partial charge in [-0.2, -0.15) is 0 Å². The lowest BCUT2D eigenvalue weighted by Crippen LogP contribution is -2.45. The number of para-hydroxylation sites is 1. The van der Waals surface area contributed by atoms with Gasteiger partial charge in [-0.3, -0.25) is 9.78 Å². The Kier molecular flexibility index (Phi) is 7.03. The number of ketones is 1. The van der Waals surface area contributed by atoms with E-state index in [-0.39, 0.29) is 5.78 Å². The molecule has 37 heavy (non-hydrogen) atoms. The number of nitrogens with one attached hydrogen (secondary N) is 1. The lowest BCUT2D eigenvalue weighted by Gasteiger charge is -2.30. The van der Waals surface area contributed by atoms with E-state index in [0.29, 0.717) is 26.7 Å². The Balaban J connectivity index is 1.70. The summed E-state index contributed by atoms with van der Waals surface area (Å²) >= 11 is 7.56. The van der Waals surface area contributed by atoms with Crippen molar-refractivity contribution in [2.24, 2.45) is 5.92 Å². The smallest absolute Gasteiger partial charge is 0.327 e. The highest BCUT2D eigenvalue weighted by molar-refractivity contribution is 7.10. The number of carbonyl (C=O) groups excluding carboxylic acids is 2. The van der Waals surface area contributed by atoms with Crippen molar-refractivity contribution in [3.8, 4) is 0 Å². The minimum absolute atomic E-state index is 0.295. The van der Waals surface area contributed by atoms with Crippen LogP contribution in [0.1, 0.15) is 32.8 Å². The Morgan fingerprint density at radius 2 is 1.78 bits per heavy atom. The summed E-state index contributed by atoms with van der Waals surface area (Å²) in [6.45, 7) is 0. The molecule has 4 unspecified atom stereocenters. The Bertz CT molecular complexity index is 1420. The monoisotopic (exact) mass is 531 g/mol. The highest BCUT2D eigenvalue weighted by atomic mass is 35.5. The number of urea groups is 1. The molecule has 5 rings (SSSR count). The number of carboxylic acids is 1. The molecular formula is C28H22ClN3O4S. The quantitative estimate of drug-likeness (QED) is 0.292. The van der Waals surface area contributed by atoms with Gasteiger partial charge in [-0.25, -0.2) is 9.59 Å². The van der Waals surface area contributed by atoms with Gasteiger partial charge in [-0.05, 0) is 47.3 Å². The first-order valence-electron chi connectivity index (χ1n) is 11.6. The van der Waals surface area contributed by atoms with Crippen molar-refractivity contribution in [1.29, 1.82) is 0 Å². The van der Waals surface area contributed by atoms with Gasteiger partial charge in [-0.1, -0.05) is 54.1 Å². The van der Waals surface area contributed by atoms with Gasteiger partial charge in [0.2, 0.25) is 0 Å². The Hall–Kier alpha value is -4.01. The first-order chi connectivity index (χ1) is 18.0. The van der Waals surface area contributed by atoms with Crippen LogP contribution in [0.3, 0.4) is 0 Å². The molecule has 2 aromatic carbocycles. The molecule has 2 amide bonds. The van der Waals surface area contributed by atoms with Crippen LogP contribution in [-0.2, 0) is 4.79 Å². The molecule has 1 saturated heterocycles. The molecule has 186 valence electrons. The van der Waals surface area contributed by atoms with E-state index in [1.807, 2.05) is 23.6 Å². The number of amides is 2. The molecular weight excluding hydrogens is 510 g/mol. The number of aromatic nitrogens is 1. The summed E-state index contributed by atoms with van der Waals surface area (Å²) in [5.41, 5.74) is 1.43. The fraction of sp³-hybridized carbons (Fsp3) is 0.143. The first-order valence-corrected chi connectivity index (χ1v) is 12.8. The standard InChI is InChI=1S/C28H22ClN3O4S/c29-19-9-4-7-17(15-19)26(33)23-22(21-12-6-14-37-21)25(27(34)35)32(24(23)18-8-5-13-30-16-18)28(36)31-20-10-2-1-3-11-20/h1-16,22-25H,(H,31,36)(H,34,35). The molecule has 2 aromatic heterocycles. The van der Waals surface area contributed by atoms with E-state index < -0.39 is 35.9 Å². The average Bonchev–Trinajstić information content (AvgIpc) is 3.56. The number of anilines is 1. The van der Waals surface area contributed by atoms with Gasteiger partial charge in [-0.15, -0.1) is 11.3 Å². The van der Waals surface area contributed by atoms with E-state index in [2.05, 4.69) is 10.3 Å². The van der Waals surface area contributed by atoms with E-state index in [1.54, 1.807) is 73.1 Å². The van der Waals surface area contributed by atoms with E-state index in [0.717, 1.165) is 0 Å². The molecule has 4 atom stereocenters. The van der Waals surface area contributed by atoms with Gasteiger partial charge >= 0.3 is 12.0 Å². The van der Waals surface area contributed by atoms with Crippen molar-refractivity contribution in [2.75, 3.05) is 5.32 Å². The van der Waals surface area contributed by atoms with Gasteiger partial charge < -0.3 is 15.3 Å². The summed E-state index contributed by atoms with van der Waals surface area (Å²) in [6, 6.07) is 19.6. The number of carbonyl (C=O) groups is 3. The van der Waals surface area contributed by atoms with E-state index in [9.17, 15) is 19.5 Å². The Morgan fingerprint density at radius 3 is 2.43 bits per heavy atom. The van der Waals surface area contributed by atoms with E-state index in [4.69, 9.17) is 11.6 Å². The third-order valence-corrected chi connectivity index (χ3v) is 7.70. The second-order valence-electron chi connectivity index (χ2n) is 8.66. The second-order valence-corrected chi connectivity index (χ2v) is 10.1.